The van der Waals surface area contributed by atoms with Crippen LogP contribution in [-0.2, 0) is 17.1 Å². The summed E-state index contributed by atoms with van der Waals surface area (Å²) in [6.45, 7) is 1.72. The number of alkyl halides is 2. The molecule has 0 saturated heterocycles. The van der Waals surface area contributed by atoms with Gasteiger partial charge in [0, 0.05) is 18.4 Å². The molecule has 0 atom stereocenters. The number of carboxylic acid groups (broad SMARTS) is 1. The van der Waals surface area contributed by atoms with Gasteiger partial charge in [0.1, 0.15) is 0 Å². The SMILES string of the molecule is CCCC(F)(F)c1ccc(CCC(=O)O)cc1. The van der Waals surface area contributed by atoms with Crippen molar-refractivity contribution in [2.75, 3.05) is 0 Å². The molecule has 2 nitrogen and oxygen atoms in total. The molecule has 0 aromatic heterocycles. The Labute approximate surface area is 99.3 Å². The molecule has 0 radical (unpaired) electrons. The van der Waals surface area contributed by atoms with E-state index in [0.717, 1.165) is 5.56 Å². The van der Waals surface area contributed by atoms with Crippen LogP contribution in [-0.4, -0.2) is 11.1 Å². The molecule has 94 valence electrons. The van der Waals surface area contributed by atoms with Gasteiger partial charge < -0.3 is 5.11 Å². The van der Waals surface area contributed by atoms with E-state index in [2.05, 4.69) is 0 Å². The molecule has 0 aliphatic rings. The Morgan fingerprint density at radius 2 is 1.88 bits per heavy atom. The maximum Gasteiger partial charge on any atom is 0.303 e. The highest BCUT2D eigenvalue weighted by Gasteiger charge is 2.29. The van der Waals surface area contributed by atoms with E-state index in [1.165, 1.54) is 12.1 Å². The number of aliphatic carboxylic acids is 1. The molecule has 1 N–H and O–H groups in total. The van der Waals surface area contributed by atoms with Gasteiger partial charge >= 0.3 is 5.97 Å². The third-order valence-electron chi connectivity index (χ3n) is 2.57. The third kappa shape index (κ3) is 4.13. The fraction of sp³-hybridized carbons (Fsp3) is 0.462. The van der Waals surface area contributed by atoms with Gasteiger partial charge in [-0.05, 0) is 12.0 Å². The highest BCUT2D eigenvalue weighted by atomic mass is 19.3. The summed E-state index contributed by atoms with van der Waals surface area (Å²) in [7, 11) is 0. The second-order valence-corrected chi connectivity index (χ2v) is 4.05. The first-order valence-corrected chi connectivity index (χ1v) is 5.64. The number of hydrogen-bond donors (Lipinski definition) is 1. The van der Waals surface area contributed by atoms with E-state index in [-0.39, 0.29) is 18.4 Å². The van der Waals surface area contributed by atoms with E-state index in [1.807, 2.05) is 0 Å². The average Bonchev–Trinajstić information content (AvgIpc) is 2.27. The minimum absolute atomic E-state index is 0.00146. The van der Waals surface area contributed by atoms with Crippen LogP contribution in [0, 0.1) is 0 Å². The molecule has 0 aliphatic heterocycles. The number of rotatable bonds is 6. The van der Waals surface area contributed by atoms with Crippen molar-refractivity contribution in [1.82, 2.24) is 0 Å². The topological polar surface area (TPSA) is 37.3 Å². The maximum atomic E-state index is 13.5. The van der Waals surface area contributed by atoms with Crippen LogP contribution in [0.15, 0.2) is 24.3 Å². The van der Waals surface area contributed by atoms with Crippen LogP contribution in [0.4, 0.5) is 8.78 Å². The zero-order valence-corrected chi connectivity index (χ0v) is 9.75. The molecular formula is C13H16F2O2. The number of carboxylic acids is 1. The lowest BCUT2D eigenvalue weighted by molar-refractivity contribution is -0.136. The van der Waals surface area contributed by atoms with Crippen molar-refractivity contribution in [3.8, 4) is 0 Å². The molecule has 4 heteroatoms. The van der Waals surface area contributed by atoms with Crippen LogP contribution >= 0.6 is 0 Å². The molecule has 0 heterocycles. The van der Waals surface area contributed by atoms with Crippen LogP contribution in [0.1, 0.15) is 37.3 Å². The number of carbonyl (C=O) groups is 1. The van der Waals surface area contributed by atoms with E-state index in [4.69, 9.17) is 5.11 Å². The van der Waals surface area contributed by atoms with Crippen molar-refractivity contribution in [2.24, 2.45) is 0 Å². The number of halogens is 2. The Morgan fingerprint density at radius 3 is 2.35 bits per heavy atom. The third-order valence-corrected chi connectivity index (χ3v) is 2.57. The predicted molar refractivity (Wildman–Crippen MR) is 61.2 cm³/mol. The number of aryl methyl sites for hydroxylation is 1. The molecular weight excluding hydrogens is 226 g/mol. The van der Waals surface area contributed by atoms with Gasteiger partial charge in [0.25, 0.3) is 5.92 Å². The summed E-state index contributed by atoms with van der Waals surface area (Å²) in [5.41, 5.74) is 0.766. The van der Waals surface area contributed by atoms with Crippen molar-refractivity contribution in [3.63, 3.8) is 0 Å². The fourth-order valence-electron chi connectivity index (χ4n) is 1.62. The van der Waals surface area contributed by atoms with Crippen LogP contribution in [0.3, 0.4) is 0 Å². The van der Waals surface area contributed by atoms with Gasteiger partial charge in [0.15, 0.2) is 0 Å². The highest BCUT2D eigenvalue weighted by Crippen LogP contribution is 2.32. The smallest absolute Gasteiger partial charge is 0.303 e. The van der Waals surface area contributed by atoms with E-state index < -0.39 is 11.9 Å². The summed E-state index contributed by atoms with van der Waals surface area (Å²) in [5, 5.41) is 8.51. The monoisotopic (exact) mass is 242 g/mol. The first-order chi connectivity index (χ1) is 7.95. The average molecular weight is 242 g/mol. The van der Waals surface area contributed by atoms with E-state index in [0.29, 0.717) is 12.8 Å². The van der Waals surface area contributed by atoms with E-state index >= 15 is 0 Å². The summed E-state index contributed by atoms with van der Waals surface area (Å²) < 4.78 is 27.0. The molecule has 1 rings (SSSR count). The van der Waals surface area contributed by atoms with Gasteiger partial charge in [-0.2, -0.15) is 0 Å². The summed E-state index contributed by atoms with van der Waals surface area (Å²) in [4.78, 5) is 10.4. The second kappa shape index (κ2) is 5.75. The summed E-state index contributed by atoms with van der Waals surface area (Å²) in [6, 6.07) is 5.91. The van der Waals surface area contributed by atoms with Gasteiger partial charge in [-0.25, -0.2) is 8.78 Å². The zero-order valence-electron chi connectivity index (χ0n) is 9.75. The molecule has 0 unspecified atom stereocenters. The zero-order chi connectivity index (χ0) is 12.9. The summed E-state index contributed by atoms with van der Waals surface area (Å²) >= 11 is 0. The van der Waals surface area contributed by atoms with Gasteiger partial charge in [0.05, 0.1) is 0 Å². The number of hydrogen-bond acceptors (Lipinski definition) is 1. The molecule has 0 aliphatic carbocycles. The maximum absolute atomic E-state index is 13.5. The largest absolute Gasteiger partial charge is 0.481 e. The predicted octanol–water partition coefficient (Wildman–Crippen LogP) is 3.60. The Kier molecular flexibility index (Phi) is 4.61. The van der Waals surface area contributed by atoms with Crippen molar-refractivity contribution < 1.29 is 18.7 Å². The van der Waals surface area contributed by atoms with Crippen molar-refractivity contribution in [2.45, 2.75) is 38.5 Å². The van der Waals surface area contributed by atoms with Crippen LogP contribution in [0.25, 0.3) is 0 Å². The Morgan fingerprint density at radius 1 is 1.29 bits per heavy atom. The Hall–Kier alpha value is -1.45. The molecule has 0 fully saturated rings. The normalized spacial score (nSPS) is 11.5. The first-order valence-electron chi connectivity index (χ1n) is 5.64. The van der Waals surface area contributed by atoms with Gasteiger partial charge in [-0.15, -0.1) is 0 Å². The summed E-state index contributed by atoms with van der Waals surface area (Å²) in [5.74, 6) is -3.68. The number of benzene rings is 1. The molecule has 1 aromatic rings. The van der Waals surface area contributed by atoms with Crippen LogP contribution in [0.2, 0.25) is 0 Å². The molecule has 17 heavy (non-hydrogen) atoms. The van der Waals surface area contributed by atoms with Crippen molar-refractivity contribution in [3.05, 3.63) is 35.4 Å². The fourth-order valence-corrected chi connectivity index (χ4v) is 1.62. The van der Waals surface area contributed by atoms with Crippen molar-refractivity contribution in [1.29, 1.82) is 0 Å². The Bertz CT molecular complexity index is 372. The van der Waals surface area contributed by atoms with Gasteiger partial charge in [-0.3, -0.25) is 4.79 Å². The van der Waals surface area contributed by atoms with Crippen LogP contribution in [0.5, 0.6) is 0 Å². The highest BCUT2D eigenvalue weighted by molar-refractivity contribution is 5.67. The van der Waals surface area contributed by atoms with E-state index in [9.17, 15) is 13.6 Å². The lowest BCUT2D eigenvalue weighted by Gasteiger charge is -2.15. The standard InChI is InChI=1S/C13H16F2O2/c1-2-9-13(14,15)11-6-3-10(4-7-11)5-8-12(16)17/h3-4,6-7H,2,5,8-9H2,1H3,(H,16,17). The quantitative estimate of drug-likeness (QED) is 0.827. The first kappa shape index (κ1) is 13.6. The molecule has 0 amide bonds. The Balaban J connectivity index is 2.70. The van der Waals surface area contributed by atoms with Gasteiger partial charge in [-0.1, -0.05) is 37.6 Å². The minimum atomic E-state index is -2.79. The molecule has 0 bridgehead atoms. The molecule has 1 aromatic carbocycles. The van der Waals surface area contributed by atoms with Gasteiger partial charge in [0.2, 0.25) is 0 Å². The second-order valence-electron chi connectivity index (χ2n) is 4.05. The van der Waals surface area contributed by atoms with E-state index in [1.54, 1.807) is 19.1 Å². The molecule has 0 saturated carbocycles. The van der Waals surface area contributed by atoms with Crippen LogP contribution < -0.4 is 0 Å². The lowest BCUT2D eigenvalue weighted by atomic mass is 10.0. The minimum Gasteiger partial charge on any atom is -0.481 e. The summed E-state index contributed by atoms with van der Waals surface area (Å²) in [6.07, 6.45) is 0.648. The molecule has 0 spiro atoms. The van der Waals surface area contributed by atoms with Crippen molar-refractivity contribution >= 4 is 5.97 Å². The lowest BCUT2D eigenvalue weighted by Crippen LogP contribution is -2.12.